The molecule has 1 heterocycles. The molecule has 0 spiro atoms. The zero-order valence-corrected chi connectivity index (χ0v) is 8.90. The first-order chi connectivity index (χ1) is 7.22. The van der Waals surface area contributed by atoms with Crippen molar-refractivity contribution in [3.05, 3.63) is 0 Å². The standard InChI is InChI=1S/C9H15F3N2O2/c1-6(2-9(10,11)12)14-8(3-7(15)16)4-13-5-8/h6,13-14H,2-5H2,1H3,(H,15,16). The van der Waals surface area contributed by atoms with Crippen molar-refractivity contribution in [2.24, 2.45) is 0 Å². The SMILES string of the molecule is CC(CC(F)(F)F)NC1(CC(=O)O)CNC1. The first-order valence-corrected chi connectivity index (χ1v) is 4.99. The van der Waals surface area contributed by atoms with Gasteiger partial charge in [-0.1, -0.05) is 0 Å². The van der Waals surface area contributed by atoms with Crippen molar-refractivity contribution in [1.82, 2.24) is 10.6 Å². The molecule has 0 aromatic heterocycles. The number of halogens is 3. The molecule has 7 heteroatoms. The fraction of sp³-hybridized carbons (Fsp3) is 0.889. The van der Waals surface area contributed by atoms with Crippen molar-refractivity contribution in [3.8, 4) is 0 Å². The van der Waals surface area contributed by atoms with Gasteiger partial charge in [0, 0.05) is 19.1 Å². The highest BCUT2D eigenvalue weighted by Crippen LogP contribution is 2.24. The van der Waals surface area contributed by atoms with Gasteiger partial charge in [-0.15, -0.1) is 0 Å². The number of carbonyl (C=O) groups is 1. The van der Waals surface area contributed by atoms with E-state index in [1.165, 1.54) is 6.92 Å². The van der Waals surface area contributed by atoms with Crippen LogP contribution in [0.25, 0.3) is 0 Å². The lowest BCUT2D eigenvalue weighted by atomic mass is 9.87. The maximum Gasteiger partial charge on any atom is 0.390 e. The molecule has 0 amide bonds. The molecule has 0 radical (unpaired) electrons. The Morgan fingerprint density at radius 3 is 2.44 bits per heavy atom. The fourth-order valence-electron chi connectivity index (χ4n) is 1.92. The molecule has 4 nitrogen and oxygen atoms in total. The van der Waals surface area contributed by atoms with Crippen LogP contribution in [0.2, 0.25) is 0 Å². The van der Waals surface area contributed by atoms with Gasteiger partial charge >= 0.3 is 12.1 Å². The van der Waals surface area contributed by atoms with Crippen molar-refractivity contribution in [2.75, 3.05) is 13.1 Å². The molecule has 1 atom stereocenters. The van der Waals surface area contributed by atoms with Gasteiger partial charge in [-0.2, -0.15) is 13.2 Å². The molecule has 0 aromatic rings. The average molecular weight is 240 g/mol. The molecule has 1 saturated heterocycles. The van der Waals surface area contributed by atoms with Crippen molar-refractivity contribution >= 4 is 5.97 Å². The second-order valence-corrected chi connectivity index (χ2v) is 4.32. The molecule has 1 rings (SSSR count). The summed E-state index contributed by atoms with van der Waals surface area (Å²) >= 11 is 0. The van der Waals surface area contributed by atoms with Crippen LogP contribution in [0.5, 0.6) is 0 Å². The highest BCUT2D eigenvalue weighted by Gasteiger charge is 2.41. The molecule has 0 saturated carbocycles. The average Bonchev–Trinajstić information content (AvgIpc) is 1.95. The number of aliphatic carboxylic acids is 1. The molecule has 1 aliphatic rings. The van der Waals surface area contributed by atoms with Gasteiger partial charge < -0.3 is 15.7 Å². The number of rotatable bonds is 5. The van der Waals surface area contributed by atoms with Crippen LogP contribution in [-0.4, -0.2) is 41.9 Å². The largest absolute Gasteiger partial charge is 0.481 e. The first kappa shape index (κ1) is 13.2. The molecule has 1 unspecified atom stereocenters. The lowest BCUT2D eigenvalue weighted by molar-refractivity contribution is -0.142. The molecule has 16 heavy (non-hydrogen) atoms. The van der Waals surface area contributed by atoms with E-state index in [1.807, 2.05) is 0 Å². The van der Waals surface area contributed by atoms with E-state index in [4.69, 9.17) is 5.11 Å². The number of carboxylic acids is 1. The van der Waals surface area contributed by atoms with Gasteiger partial charge in [-0.3, -0.25) is 4.79 Å². The van der Waals surface area contributed by atoms with E-state index in [0.717, 1.165) is 0 Å². The highest BCUT2D eigenvalue weighted by atomic mass is 19.4. The number of carboxylic acid groups (broad SMARTS) is 1. The molecule has 1 aliphatic heterocycles. The molecule has 0 aliphatic carbocycles. The van der Waals surface area contributed by atoms with Gasteiger partial charge in [0.25, 0.3) is 0 Å². The van der Waals surface area contributed by atoms with Gasteiger partial charge in [0.05, 0.1) is 18.4 Å². The van der Waals surface area contributed by atoms with E-state index in [1.54, 1.807) is 0 Å². The summed E-state index contributed by atoms with van der Waals surface area (Å²) in [6.45, 7) is 2.19. The quantitative estimate of drug-likeness (QED) is 0.663. The van der Waals surface area contributed by atoms with Gasteiger partial charge in [-0.05, 0) is 6.92 Å². The van der Waals surface area contributed by atoms with Gasteiger partial charge in [0.1, 0.15) is 0 Å². The Morgan fingerprint density at radius 1 is 1.56 bits per heavy atom. The summed E-state index contributed by atoms with van der Waals surface area (Å²) in [4.78, 5) is 10.6. The predicted molar refractivity (Wildman–Crippen MR) is 51.1 cm³/mol. The Bertz CT molecular complexity index is 264. The molecule has 94 valence electrons. The minimum absolute atomic E-state index is 0.164. The van der Waals surface area contributed by atoms with Crippen LogP contribution in [0.3, 0.4) is 0 Å². The minimum Gasteiger partial charge on any atom is -0.481 e. The van der Waals surface area contributed by atoms with Crippen LogP contribution < -0.4 is 10.6 Å². The van der Waals surface area contributed by atoms with Crippen LogP contribution in [0.15, 0.2) is 0 Å². The zero-order valence-electron chi connectivity index (χ0n) is 8.90. The predicted octanol–water partition coefficient (Wildman–Crippen LogP) is 0.734. The summed E-state index contributed by atoms with van der Waals surface area (Å²) in [7, 11) is 0. The van der Waals surface area contributed by atoms with E-state index < -0.39 is 30.1 Å². The van der Waals surface area contributed by atoms with Crippen molar-refractivity contribution < 1.29 is 23.1 Å². The van der Waals surface area contributed by atoms with Crippen molar-refractivity contribution in [1.29, 1.82) is 0 Å². The Labute approximate surface area is 91.2 Å². The summed E-state index contributed by atoms with van der Waals surface area (Å²) < 4.78 is 36.3. The fourth-order valence-corrected chi connectivity index (χ4v) is 1.92. The Balaban J connectivity index is 2.47. The van der Waals surface area contributed by atoms with E-state index in [-0.39, 0.29) is 6.42 Å². The van der Waals surface area contributed by atoms with E-state index >= 15 is 0 Å². The van der Waals surface area contributed by atoms with E-state index in [2.05, 4.69) is 10.6 Å². The molecule has 1 fully saturated rings. The van der Waals surface area contributed by atoms with Crippen molar-refractivity contribution in [2.45, 2.75) is 37.5 Å². The minimum atomic E-state index is -4.23. The molecule has 0 aromatic carbocycles. The summed E-state index contributed by atoms with van der Waals surface area (Å²) in [5.74, 6) is -1.01. The summed E-state index contributed by atoms with van der Waals surface area (Å²) in [6, 6.07) is -0.776. The smallest absolute Gasteiger partial charge is 0.390 e. The summed E-state index contributed by atoms with van der Waals surface area (Å²) in [5.41, 5.74) is -0.726. The Hall–Kier alpha value is -0.820. The second kappa shape index (κ2) is 4.58. The van der Waals surface area contributed by atoms with Crippen LogP contribution in [0.1, 0.15) is 19.8 Å². The maximum absolute atomic E-state index is 12.1. The Morgan fingerprint density at radius 2 is 2.12 bits per heavy atom. The number of alkyl halides is 3. The third-order valence-electron chi connectivity index (χ3n) is 2.51. The zero-order chi connectivity index (χ0) is 12.4. The topological polar surface area (TPSA) is 61.4 Å². The first-order valence-electron chi connectivity index (χ1n) is 4.99. The number of hydrogen-bond acceptors (Lipinski definition) is 3. The third-order valence-corrected chi connectivity index (χ3v) is 2.51. The van der Waals surface area contributed by atoms with E-state index in [9.17, 15) is 18.0 Å². The van der Waals surface area contributed by atoms with Gasteiger partial charge in [-0.25, -0.2) is 0 Å². The molecular weight excluding hydrogens is 225 g/mol. The Kier molecular flexibility index (Phi) is 3.80. The van der Waals surface area contributed by atoms with E-state index in [0.29, 0.717) is 13.1 Å². The lowest BCUT2D eigenvalue weighted by Gasteiger charge is -2.44. The normalized spacial score (nSPS) is 21.2. The van der Waals surface area contributed by atoms with Crippen LogP contribution >= 0.6 is 0 Å². The summed E-state index contributed by atoms with van der Waals surface area (Å²) in [5, 5.41) is 14.3. The lowest BCUT2D eigenvalue weighted by Crippen LogP contribution is -2.70. The van der Waals surface area contributed by atoms with Crippen LogP contribution in [0, 0.1) is 0 Å². The van der Waals surface area contributed by atoms with Crippen LogP contribution in [-0.2, 0) is 4.79 Å². The summed E-state index contributed by atoms with van der Waals surface area (Å²) in [6.07, 6.45) is -5.34. The van der Waals surface area contributed by atoms with Crippen molar-refractivity contribution in [3.63, 3.8) is 0 Å². The number of nitrogens with one attached hydrogen (secondary N) is 2. The monoisotopic (exact) mass is 240 g/mol. The molecule has 3 N–H and O–H groups in total. The van der Waals surface area contributed by atoms with Crippen LogP contribution in [0.4, 0.5) is 13.2 Å². The maximum atomic E-state index is 12.1. The van der Waals surface area contributed by atoms with Gasteiger partial charge in [0.2, 0.25) is 0 Å². The molecular formula is C9H15F3N2O2. The second-order valence-electron chi connectivity index (χ2n) is 4.32. The van der Waals surface area contributed by atoms with Gasteiger partial charge in [0.15, 0.2) is 0 Å². The number of hydrogen-bond donors (Lipinski definition) is 3. The highest BCUT2D eigenvalue weighted by molar-refractivity contribution is 5.68. The third kappa shape index (κ3) is 3.97. The molecule has 0 bridgehead atoms.